The number of likely N-dealkylation sites (tertiary alicyclic amines) is 1. The van der Waals surface area contributed by atoms with Crippen LogP contribution in [0, 0.1) is 13.8 Å². The number of carboxylic acids is 1. The molecule has 1 aliphatic rings. The minimum absolute atomic E-state index is 0.190. The molecule has 4 N–H and O–H groups in total. The molecule has 0 aromatic heterocycles. The Balaban J connectivity index is 1.55. The maximum atomic E-state index is 10.9. The highest BCUT2D eigenvalue weighted by molar-refractivity contribution is 5.74. The molecule has 8 heteroatoms. The normalized spacial score (nSPS) is 16.9. The van der Waals surface area contributed by atoms with E-state index in [1.807, 2.05) is 31.2 Å². The van der Waals surface area contributed by atoms with Gasteiger partial charge in [0.25, 0.3) is 0 Å². The molecule has 3 rings (SSSR count). The molecule has 2 aromatic carbocycles. The van der Waals surface area contributed by atoms with E-state index in [2.05, 4.69) is 29.3 Å². The highest BCUT2D eigenvalue weighted by Crippen LogP contribution is 2.35. The fraction of sp³-hybridized carbons (Fsp3) is 0.519. The van der Waals surface area contributed by atoms with Crippen molar-refractivity contribution in [1.29, 1.82) is 0 Å². The summed E-state index contributed by atoms with van der Waals surface area (Å²) >= 11 is 0. The van der Waals surface area contributed by atoms with Gasteiger partial charge in [0.05, 0.1) is 25.9 Å². The van der Waals surface area contributed by atoms with Gasteiger partial charge in [0.2, 0.25) is 0 Å². The summed E-state index contributed by atoms with van der Waals surface area (Å²) in [5.41, 5.74) is 4.30. The number of aliphatic hydroxyl groups excluding tert-OH is 2. The number of carbonyl (C=O) groups is 1. The number of β-amino-alcohol motifs (C(OH)–C–C–N with tert-alkyl or cyclic N) is 1. The van der Waals surface area contributed by atoms with E-state index in [0.717, 1.165) is 66.2 Å². The molecule has 2 atom stereocenters. The second-order valence-electron chi connectivity index (χ2n) is 9.03. The van der Waals surface area contributed by atoms with Crippen molar-refractivity contribution < 1.29 is 29.6 Å². The number of aliphatic carboxylic acids is 1. The van der Waals surface area contributed by atoms with Gasteiger partial charge in [-0.05, 0) is 74.0 Å². The molecule has 0 aliphatic carbocycles. The minimum atomic E-state index is -1.06. The van der Waals surface area contributed by atoms with Gasteiger partial charge >= 0.3 is 5.97 Å². The number of hydrogen-bond donors (Lipinski definition) is 4. The monoisotopic (exact) mass is 486 g/mol. The van der Waals surface area contributed by atoms with E-state index in [-0.39, 0.29) is 6.10 Å². The van der Waals surface area contributed by atoms with Crippen molar-refractivity contribution in [2.24, 2.45) is 0 Å². The number of carboxylic acid groups (broad SMARTS) is 1. The van der Waals surface area contributed by atoms with E-state index < -0.39 is 18.6 Å². The van der Waals surface area contributed by atoms with Gasteiger partial charge in [-0.15, -0.1) is 0 Å². The van der Waals surface area contributed by atoms with Crippen molar-refractivity contribution in [3.63, 3.8) is 0 Å². The number of aliphatic hydroxyl groups is 2. The van der Waals surface area contributed by atoms with E-state index in [4.69, 9.17) is 19.7 Å². The molecule has 1 fully saturated rings. The predicted octanol–water partition coefficient (Wildman–Crippen LogP) is 2.61. The average Bonchev–Trinajstić information content (AvgIpc) is 3.26. The molecule has 8 nitrogen and oxygen atoms in total. The van der Waals surface area contributed by atoms with Crippen molar-refractivity contribution in [3.8, 4) is 22.6 Å². The van der Waals surface area contributed by atoms with Crippen LogP contribution in [-0.4, -0.2) is 84.3 Å². The third-order valence-corrected chi connectivity index (χ3v) is 6.43. The topological polar surface area (TPSA) is 111 Å². The van der Waals surface area contributed by atoms with Gasteiger partial charge in [0.1, 0.15) is 17.5 Å². The number of benzene rings is 2. The zero-order chi connectivity index (χ0) is 25.2. The molecule has 0 bridgehead atoms. The SMILES string of the molecule is Cc1c(OCCCN[C@@H](CO)C(=O)O)cccc1-c1cccc(OCCCN2CCC(O)C2)c1C. The second-order valence-corrected chi connectivity index (χ2v) is 9.03. The van der Waals surface area contributed by atoms with Crippen LogP contribution in [0.5, 0.6) is 11.5 Å². The molecular formula is C27H38N2O6. The molecule has 0 spiro atoms. The van der Waals surface area contributed by atoms with Crippen molar-refractivity contribution in [1.82, 2.24) is 10.2 Å². The Labute approximate surface area is 207 Å². The zero-order valence-corrected chi connectivity index (χ0v) is 20.7. The molecule has 1 unspecified atom stereocenters. The van der Waals surface area contributed by atoms with Crippen LogP contribution in [0.2, 0.25) is 0 Å². The first kappa shape index (κ1) is 26.9. The molecule has 192 valence electrons. The molecule has 1 aliphatic heterocycles. The smallest absolute Gasteiger partial charge is 0.323 e. The lowest BCUT2D eigenvalue weighted by molar-refractivity contribution is -0.140. The van der Waals surface area contributed by atoms with Crippen molar-refractivity contribution in [3.05, 3.63) is 47.5 Å². The quantitative estimate of drug-likeness (QED) is 0.302. The Hall–Kier alpha value is -2.65. The lowest BCUT2D eigenvalue weighted by Gasteiger charge is -2.18. The fourth-order valence-electron chi connectivity index (χ4n) is 4.37. The Morgan fingerprint density at radius 3 is 2.17 bits per heavy atom. The first-order valence-electron chi connectivity index (χ1n) is 12.3. The lowest BCUT2D eigenvalue weighted by atomic mass is 9.95. The Morgan fingerprint density at radius 2 is 1.66 bits per heavy atom. The van der Waals surface area contributed by atoms with Crippen LogP contribution in [-0.2, 0) is 4.79 Å². The van der Waals surface area contributed by atoms with Crippen LogP contribution < -0.4 is 14.8 Å². The third-order valence-electron chi connectivity index (χ3n) is 6.43. The third kappa shape index (κ3) is 7.67. The summed E-state index contributed by atoms with van der Waals surface area (Å²) in [6, 6.07) is 11.1. The van der Waals surface area contributed by atoms with Crippen molar-refractivity contribution in [2.45, 2.75) is 45.3 Å². The van der Waals surface area contributed by atoms with Gasteiger partial charge in [-0.3, -0.25) is 4.79 Å². The van der Waals surface area contributed by atoms with Crippen LogP contribution in [0.1, 0.15) is 30.4 Å². The Morgan fingerprint density at radius 1 is 1.06 bits per heavy atom. The molecule has 0 amide bonds. The van der Waals surface area contributed by atoms with E-state index >= 15 is 0 Å². The number of nitrogens with one attached hydrogen (secondary N) is 1. The van der Waals surface area contributed by atoms with Gasteiger partial charge in [0.15, 0.2) is 0 Å². The van der Waals surface area contributed by atoms with Crippen LogP contribution in [0.25, 0.3) is 11.1 Å². The largest absolute Gasteiger partial charge is 0.493 e. The van der Waals surface area contributed by atoms with Crippen LogP contribution in [0.4, 0.5) is 0 Å². The number of ether oxygens (including phenoxy) is 2. The van der Waals surface area contributed by atoms with Gasteiger partial charge < -0.3 is 35.0 Å². The summed E-state index contributed by atoms with van der Waals surface area (Å²) in [7, 11) is 0. The summed E-state index contributed by atoms with van der Waals surface area (Å²) < 4.78 is 12.1. The van der Waals surface area contributed by atoms with Crippen molar-refractivity contribution in [2.75, 3.05) is 46.0 Å². The van der Waals surface area contributed by atoms with E-state index in [9.17, 15) is 9.90 Å². The zero-order valence-electron chi connectivity index (χ0n) is 20.7. The van der Waals surface area contributed by atoms with Gasteiger partial charge in [-0.25, -0.2) is 0 Å². The Kier molecular flexibility index (Phi) is 10.3. The highest BCUT2D eigenvalue weighted by atomic mass is 16.5. The van der Waals surface area contributed by atoms with E-state index in [1.165, 1.54) is 0 Å². The average molecular weight is 487 g/mol. The standard InChI is InChI=1S/C27H38N2O6/c1-19-22(7-3-9-25(19)34-15-5-12-28-24(18-30)27(32)33)23-8-4-10-26(20(23)2)35-16-6-13-29-14-11-21(31)17-29/h3-4,7-10,21,24,28,30-31H,5-6,11-18H2,1-2H3,(H,32,33)/t21?,24-/m0/s1. The van der Waals surface area contributed by atoms with Gasteiger partial charge in [-0.1, -0.05) is 24.3 Å². The van der Waals surface area contributed by atoms with E-state index in [0.29, 0.717) is 26.2 Å². The van der Waals surface area contributed by atoms with Crippen LogP contribution in [0.15, 0.2) is 36.4 Å². The summed E-state index contributed by atoms with van der Waals surface area (Å²) in [6.07, 6.45) is 2.20. The highest BCUT2D eigenvalue weighted by Gasteiger charge is 2.19. The molecule has 1 saturated heterocycles. The maximum absolute atomic E-state index is 10.9. The van der Waals surface area contributed by atoms with Crippen LogP contribution in [0.3, 0.4) is 0 Å². The molecule has 2 aromatic rings. The van der Waals surface area contributed by atoms with Crippen LogP contribution >= 0.6 is 0 Å². The molecule has 35 heavy (non-hydrogen) atoms. The lowest BCUT2D eigenvalue weighted by Crippen LogP contribution is -2.40. The minimum Gasteiger partial charge on any atom is -0.493 e. The van der Waals surface area contributed by atoms with E-state index in [1.54, 1.807) is 0 Å². The number of hydrogen-bond acceptors (Lipinski definition) is 7. The van der Waals surface area contributed by atoms with Gasteiger partial charge in [0, 0.05) is 19.6 Å². The first-order chi connectivity index (χ1) is 16.9. The van der Waals surface area contributed by atoms with Gasteiger partial charge in [-0.2, -0.15) is 0 Å². The van der Waals surface area contributed by atoms with Crippen molar-refractivity contribution >= 4 is 5.97 Å². The molecule has 0 saturated carbocycles. The fourth-order valence-corrected chi connectivity index (χ4v) is 4.37. The first-order valence-corrected chi connectivity index (χ1v) is 12.3. The summed E-state index contributed by atoms with van der Waals surface area (Å²) in [5.74, 6) is 0.598. The maximum Gasteiger partial charge on any atom is 0.323 e. The summed E-state index contributed by atoms with van der Waals surface area (Å²) in [6.45, 7) is 7.81. The molecule has 0 radical (unpaired) electrons. The molecule has 1 heterocycles. The summed E-state index contributed by atoms with van der Waals surface area (Å²) in [4.78, 5) is 13.2. The second kappa shape index (κ2) is 13.4. The Bertz CT molecular complexity index is 967. The number of rotatable bonds is 14. The molecular weight excluding hydrogens is 448 g/mol. The predicted molar refractivity (Wildman–Crippen MR) is 135 cm³/mol. The number of nitrogens with zero attached hydrogens (tertiary/aromatic N) is 1. The summed E-state index contributed by atoms with van der Waals surface area (Å²) in [5, 5.41) is 30.5.